The first kappa shape index (κ1) is 17.5. The van der Waals surface area contributed by atoms with Crippen molar-refractivity contribution in [2.75, 3.05) is 11.1 Å². The molecule has 2 nitrogen and oxygen atoms in total. The molecule has 1 atom stereocenters. The first-order chi connectivity index (χ1) is 11.0. The van der Waals surface area contributed by atoms with Gasteiger partial charge >= 0.3 is 0 Å². The zero-order valence-electron chi connectivity index (χ0n) is 13.1. The Morgan fingerprint density at radius 3 is 2.65 bits per heavy atom. The summed E-state index contributed by atoms with van der Waals surface area (Å²) in [5.41, 5.74) is 1.87. The molecule has 0 bridgehead atoms. The number of carbonyl (C=O) groups excluding carboxylic acids is 1. The number of para-hydroxylation sites is 1. The van der Waals surface area contributed by atoms with Gasteiger partial charge in [-0.1, -0.05) is 32.0 Å². The van der Waals surface area contributed by atoms with Crippen LogP contribution >= 0.6 is 11.8 Å². The van der Waals surface area contributed by atoms with Gasteiger partial charge in [0.05, 0.1) is 5.75 Å². The highest BCUT2D eigenvalue weighted by Gasteiger charge is 2.12. The average Bonchev–Trinajstić information content (AvgIpc) is 2.54. The van der Waals surface area contributed by atoms with Crippen molar-refractivity contribution in [3.05, 3.63) is 59.7 Å². The quantitative estimate of drug-likeness (QED) is 0.734. The molecule has 122 valence electrons. The molecule has 23 heavy (non-hydrogen) atoms. The summed E-state index contributed by atoms with van der Waals surface area (Å²) in [6.07, 6.45) is 0.975. The van der Waals surface area contributed by atoms with Gasteiger partial charge in [-0.15, -0.1) is 11.8 Å². The van der Waals surface area contributed by atoms with E-state index >= 15 is 0 Å². The van der Waals surface area contributed by atoms with E-state index in [0.29, 0.717) is 5.92 Å². The molecule has 0 radical (unpaired) electrons. The minimum atomic E-state index is -0.650. The number of hydrogen-bond acceptors (Lipinski definition) is 2. The van der Waals surface area contributed by atoms with Crippen LogP contribution in [0.3, 0.4) is 0 Å². The second kappa shape index (κ2) is 8.11. The molecule has 0 aliphatic heterocycles. The van der Waals surface area contributed by atoms with Crippen molar-refractivity contribution in [3.63, 3.8) is 0 Å². The largest absolute Gasteiger partial charge is 0.325 e. The summed E-state index contributed by atoms with van der Waals surface area (Å²) in [4.78, 5) is 12.4. The lowest BCUT2D eigenvalue weighted by Gasteiger charge is -2.15. The second-order valence-electron chi connectivity index (χ2n) is 5.31. The highest BCUT2D eigenvalue weighted by molar-refractivity contribution is 8.00. The van der Waals surface area contributed by atoms with E-state index in [9.17, 15) is 13.6 Å². The van der Waals surface area contributed by atoms with Crippen molar-refractivity contribution >= 4 is 23.4 Å². The van der Waals surface area contributed by atoms with E-state index in [1.807, 2.05) is 24.3 Å². The number of anilines is 1. The Kier molecular flexibility index (Phi) is 6.16. The predicted octanol–water partition coefficient (Wildman–Crippen LogP) is 5.21. The molecular formula is C18H19F2NOS. The number of carbonyl (C=O) groups is 1. The third-order valence-electron chi connectivity index (χ3n) is 3.63. The molecular weight excluding hydrogens is 316 g/mol. The van der Waals surface area contributed by atoms with Crippen molar-refractivity contribution in [1.29, 1.82) is 0 Å². The van der Waals surface area contributed by atoms with Crippen LogP contribution in [0, 0.1) is 11.6 Å². The molecule has 0 spiro atoms. The number of halogens is 2. The van der Waals surface area contributed by atoms with Gasteiger partial charge < -0.3 is 5.32 Å². The number of hydrogen-bond donors (Lipinski definition) is 1. The van der Waals surface area contributed by atoms with Crippen LogP contribution in [0.15, 0.2) is 47.4 Å². The lowest BCUT2D eigenvalue weighted by Crippen LogP contribution is -2.16. The van der Waals surface area contributed by atoms with E-state index in [1.54, 1.807) is 0 Å². The van der Waals surface area contributed by atoms with E-state index < -0.39 is 11.6 Å². The number of benzene rings is 2. The van der Waals surface area contributed by atoms with Gasteiger partial charge in [0.1, 0.15) is 11.6 Å². The first-order valence-corrected chi connectivity index (χ1v) is 8.46. The maximum atomic E-state index is 13.6. The summed E-state index contributed by atoms with van der Waals surface area (Å²) < 4.78 is 26.4. The van der Waals surface area contributed by atoms with Crippen LogP contribution in [0.25, 0.3) is 0 Å². The van der Waals surface area contributed by atoms with Crippen LogP contribution in [-0.4, -0.2) is 11.7 Å². The Balaban J connectivity index is 2.00. The Morgan fingerprint density at radius 2 is 1.96 bits per heavy atom. The summed E-state index contributed by atoms with van der Waals surface area (Å²) in [6, 6.07) is 11.0. The minimum Gasteiger partial charge on any atom is -0.325 e. The molecule has 0 unspecified atom stereocenters. The van der Waals surface area contributed by atoms with Gasteiger partial charge in [-0.25, -0.2) is 8.78 Å². The lowest BCUT2D eigenvalue weighted by atomic mass is 9.97. The van der Waals surface area contributed by atoms with Crippen molar-refractivity contribution in [1.82, 2.24) is 0 Å². The number of amides is 1. The monoisotopic (exact) mass is 335 g/mol. The summed E-state index contributed by atoms with van der Waals surface area (Å²) in [5, 5.41) is 2.87. The molecule has 0 saturated heterocycles. The van der Waals surface area contributed by atoms with Gasteiger partial charge in [0.25, 0.3) is 0 Å². The Morgan fingerprint density at radius 1 is 1.22 bits per heavy atom. The highest BCUT2D eigenvalue weighted by Crippen LogP contribution is 2.27. The zero-order valence-corrected chi connectivity index (χ0v) is 13.9. The molecule has 2 aromatic carbocycles. The minimum absolute atomic E-state index is 0.0669. The summed E-state index contributed by atoms with van der Waals surface area (Å²) >= 11 is 1.05. The van der Waals surface area contributed by atoms with Crippen LogP contribution in [0.2, 0.25) is 0 Å². The Bertz CT molecular complexity index is 690. The van der Waals surface area contributed by atoms with Crippen molar-refractivity contribution in [3.8, 4) is 0 Å². The fraction of sp³-hybridized carbons (Fsp3) is 0.278. The maximum absolute atomic E-state index is 13.6. The van der Waals surface area contributed by atoms with Crippen LogP contribution in [0.1, 0.15) is 31.7 Å². The normalized spacial score (nSPS) is 12.0. The SMILES string of the molecule is CC[C@H](C)c1ccccc1NC(=O)CSc1ccc(F)cc1F. The third kappa shape index (κ3) is 4.79. The van der Waals surface area contributed by atoms with Gasteiger partial charge in [-0.05, 0) is 36.1 Å². The Labute approximate surface area is 139 Å². The van der Waals surface area contributed by atoms with Crippen LogP contribution < -0.4 is 5.32 Å². The molecule has 0 fully saturated rings. The van der Waals surface area contributed by atoms with Crippen LogP contribution in [-0.2, 0) is 4.79 Å². The average molecular weight is 335 g/mol. The first-order valence-electron chi connectivity index (χ1n) is 7.48. The summed E-state index contributed by atoms with van der Waals surface area (Å²) in [5.74, 6) is -1.08. The van der Waals surface area contributed by atoms with E-state index in [-0.39, 0.29) is 16.6 Å². The molecule has 0 aliphatic rings. The van der Waals surface area contributed by atoms with Crippen molar-refractivity contribution in [2.24, 2.45) is 0 Å². The standard InChI is InChI=1S/C18H19F2NOS/c1-3-12(2)14-6-4-5-7-16(14)21-18(22)11-23-17-9-8-13(19)10-15(17)20/h4-10,12H,3,11H2,1-2H3,(H,21,22)/t12-/m0/s1. The highest BCUT2D eigenvalue weighted by atomic mass is 32.2. The van der Waals surface area contributed by atoms with Gasteiger partial charge in [0.2, 0.25) is 5.91 Å². The van der Waals surface area contributed by atoms with E-state index in [1.165, 1.54) is 12.1 Å². The zero-order chi connectivity index (χ0) is 16.8. The molecule has 2 rings (SSSR count). The predicted molar refractivity (Wildman–Crippen MR) is 90.9 cm³/mol. The lowest BCUT2D eigenvalue weighted by molar-refractivity contribution is -0.113. The van der Waals surface area contributed by atoms with Gasteiger partial charge in [0, 0.05) is 16.6 Å². The summed E-state index contributed by atoms with van der Waals surface area (Å²) in [6.45, 7) is 4.20. The topological polar surface area (TPSA) is 29.1 Å². The number of thioether (sulfide) groups is 1. The van der Waals surface area contributed by atoms with Crippen LogP contribution in [0.5, 0.6) is 0 Å². The molecule has 0 aromatic heterocycles. The van der Waals surface area contributed by atoms with Crippen molar-refractivity contribution < 1.29 is 13.6 Å². The molecule has 0 saturated carbocycles. The summed E-state index contributed by atoms with van der Waals surface area (Å²) in [7, 11) is 0. The third-order valence-corrected chi connectivity index (χ3v) is 4.68. The number of nitrogens with one attached hydrogen (secondary N) is 1. The molecule has 0 heterocycles. The fourth-order valence-electron chi connectivity index (χ4n) is 2.18. The van der Waals surface area contributed by atoms with Gasteiger partial charge in [-0.3, -0.25) is 4.79 Å². The maximum Gasteiger partial charge on any atom is 0.234 e. The van der Waals surface area contributed by atoms with Crippen molar-refractivity contribution in [2.45, 2.75) is 31.1 Å². The molecule has 5 heteroatoms. The van der Waals surface area contributed by atoms with E-state index in [4.69, 9.17) is 0 Å². The van der Waals surface area contributed by atoms with E-state index in [0.717, 1.165) is 35.5 Å². The smallest absolute Gasteiger partial charge is 0.234 e. The Hall–Kier alpha value is -1.88. The van der Waals surface area contributed by atoms with Gasteiger partial charge in [0.15, 0.2) is 0 Å². The number of rotatable bonds is 6. The van der Waals surface area contributed by atoms with Gasteiger partial charge in [-0.2, -0.15) is 0 Å². The molecule has 0 aliphatic carbocycles. The molecule has 1 amide bonds. The second-order valence-corrected chi connectivity index (χ2v) is 6.33. The molecule has 2 aromatic rings. The van der Waals surface area contributed by atoms with E-state index in [2.05, 4.69) is 19.2 Å². The fourth-order valence-corrected chi connectivity index (χ4v) is 2.90. The van der Waals surface area contributed by atoms with Crippen LogP contribution in [0.4, 0.5) is 14.5 Å². The molecule has 1 N–H and O–H groups in total.